The number of benzene rings is 2. The molecule has 0 radical (unpaired) electrons. The fourth-order valence-electron chi connectivity index (χ4n) is 2.16. The summed E-state index contributed by atoms with van der Waals surface area (Å²) in [6.45, 7) is 2.05. The second kappa shape index (κ2) is 6.41. The molecule has 1 heterocycles. The van der Waals surface area contributed by atoms with Gasteiger partial charge in [0.25, 0.3) is 0 Å². The van der Waals surface area contributed by atoms with Gasteiger partial charge in [0, 0.05) is 28.4 Å². The molecule has 0 spiro atoms. The maximum Gasteiger partial charge on any atom is 0.191 e. The Bertz CT molecular complexity index is 818. The Kier molecular flexibility index (Phi) is 4.16. The highest BCUT2D eigenvalue weighted by atomic mass is 32.1. The van der Waals surface area contributed by atoms with Crippen LogP contribution in [0.1, 0.15) is 11.1 Å². The van der Waals surface area contributed by atoms with Gasteiger partial charge in [-0.2, -0.15) is 5.10 Å². The van der Waals surface area contributed by atoms with Gasteiger partial charge in [-0.25, -0.2) is 0 Å². The third kappa shape index (κ3) is 3.32. The van der Waals surface area contributed by atoms with Crippen LogP contribution in [-0.4, -0.2) is 16.3 Å². The molecule has 3 rings (SSSR count). The molecule has 0 fully saturated rings. The van der Waals surface area contributed by atoms with Gasteiger partial charge in [0.15, 0.2) is 5.11 Å². The Morgan fingerprint density at radius 1 is 1.14 bits per heavy atom. The number of thiocarbonyl (C=S) groups is 1. The number of nitrogens with one attached hydrogen (secondary N) is 3. The maximum atomic E-state index is 5.22. The van der Waals surface area contributed by atoms with Gasteiger partial charge in [-0.15, -0.1) is 0 Å². The quantitative estimate of drug-likeness (QED) is 0.392. The van der Waals surface area contributed by atoms with Gasteiger partial charge in [0.2, 0.25) is 0 Å². The number of anilines is 1. The van der Waals surface area contributed by atoms with Crippen molar-refractivity contribution < 1.29 is 0 Å². The number of hydrogen-bond acceptors (Lipinski definition) is 2. The maximum absolute atomic E-state index is 5.22. The van der Waals surface area contributed by atoms with Crippen molar-refractivity contribution >= 4 is 40.1 Å². The number of nitrogens with zero attached hydrogens (tertiary/aromatic N) is 1. The first-order chi connectivity index (χ1) is 10.7. The van der Waals surface area contributed by atoms with Crippen LogP contribution in [0, 0.1) is 6.92 Å². The minimum atomic E-state index is 0.458. The number of aromatic amines is 1. The minimum Gasteiger partial charge on any atom is -0.361 e. The highest BCUT2D eigenvalue weighted by Gasteiger charge is 2.00. The van der Waals surface area contributed by atoms with Crippen LogP contribution in [0.5, 0.6) is 0 Å². The Morgan fingerprint density at radius 2 is 1.91 bits per heavy atom. The molecule has 5 heteroatoms. The molecule has 0 amide bonds. The average molecular weight is 308 g/mol. The van der Waals surface area contributed by atoms with Gasteiger partial charge in [0.1, 0.15) is 0 Å². The molecule has 22 heavy (non-hydrogen) atoms. The van der Waals surface area contributed by atoms with Crippen LogP contribution < -0.4 is 10.7 Å². The second-order valence-corrected chi connectivity index (χ2v) is 5.39. The summed E-state index contributed by atoms with van der Waals surface area (Å²) in [6, 6.07) is 16.1. The molecule has 110 valence electrons. The highest BCUT2D eigenvalue weighted by Crippen LogP contribution is 2.15. The van der Waals surface area contributed by atoms with Crippen molar-refractivity contribution in [3.8, 4) is 0 Å². The SMILES string of the molecule is Cc1ccc(NC(=S)N/N=C\c2c[nH]c3ccccc23)cc1. The lowest BCUT2D eigenvalue weighted by Gasteiger charge is -2.06. The van der Waals surface area contributed by atoms with Gasteiger partial charge in [0.05, 0.1) is 6.21 Å². The van der Waals surface area contributed by atoms with Crippen molar-refractivity contribution in [3.05, 3.63) is 65.9 Å². The van der Waals surface area contributed by atoms with Crippen LogP contribution in [0.4, 0.5) is 5.69 Å². The normalized spacial score (nSPS) is 11.0. The third-order valence-electron chi connectivity index (χ3n) is 3.30. The fraction of sp³-hybridized carbons (Fsp3) is 0.0588. The highest BCUT2D eigenvalue weighted by molar-refractivity contribution is 7.80. The summed E-state index contributed by atoms with van der Waals surface area (Å²) < 4.78 is 0. The van der Waals surface area contributed by atoms with Crippen LogP contribution in [0.3, 0.4) is 0 Å². The average Bonchev–Trinajstić information content (AvgIpc) is 2.93. The lowest BCUT2D eigenvalue weighted by molar-refractivity contribution is 1.05. The van der Waals surface area contributed by atoms with Crippen LogP contribution in [0.15, 0.2) is 59.8 Å². The Balaban J connectivity index is 1.62. The molecule has 3 aromatic rings. The number of hydrogen-bond donors (Lipinski definition) is 3. The van der Waals surface area contributed by atoms with E-state index in [2.05, 4.69) is 26.9 Å². The zero-order chi connectivity index (χ0) is 15.4. The molecule has 3 N–H and O–H groups in total. The smallest absolute Gasteiger partial charge is 0.191 e. The number of aromatic nitrogens is 1. The molecule has 2 aromatic carbocycles. The summed E-state index contributed by atoms with van der Waals surface area (Å²) in [5.41, 5.74) is 7.07. The van der Waals surface area contributed by atoms with Gasteiger partial charge >= 0.3 is 0 Å². The van der Waals surface area contributed by atoms with Gasteiger partial charge in [-0.3, -0.25) is 5.43 Å². The van der Waals surface area contributed by atoms with Crippen LogP contribution in [0.25, 0.3) is 10.9 Å². The van der Waals surface area contributed by atoms with Crippen molar-refractivity contribution in [1.82, 2.24) is 10.4 Å². The molecule has 0 atom stereocenters. The summed E-state index contributed by atoms with van der Waals surface area (Å²) >= 11 is 5.22. The molecule has 0 aliphatic heterocycles. The summed E-state index contributed by atoms with van der Waals surface area (Å²) in [6.07, 6.45) is 3.67. The number of para-hydroxylation sites is 1. The standard InChI is InChI=1S/C17H16N4S/c1-12-6-8-14(9-7-12)20-17(22)21-19-11-13-10-18-16-5-3-2-4-15(13)16/h2-11,18H,1H3,(H2,20,21,22)/b19-11-. The summed E-state index contributed by atoms with van der Waals surface area (Å²) in [7, 11) is 0. The van der Waals surface area contributed by atoms with Crippen LogP contribution >= 0.6 is 12.2 Å². The Hall–Kier alpha value is -2.66. The van der Waals surface area contributed by atoms with Crippen molar-refractivity contribution in [2.75, 3.05) is 5.32 Å². The number of aryl methyl sites for hydroxylation is 1. The monoisotopic (exact) mass is 308 g/mol. The van der Waals surface area contributed by atoms with E-state index in [1.54, 1.807) is 6.21 Å². The Morgan fingerprint density at radius 3 is 2.73 bits per heavy atom. The molecule has 1 aromatic heterocycles. The molecule has 0 unspecified atom stereocenters. The van der Waals surface area contributed by atoms with E-state index in [-0.39, 0.29) is 0 Å². The number of hydrazone groups is 1. The zero-order valence-corrected chi connectivity index (χ0v) is 12.9. The largest absolute Gasteiger partial charge is 0.361 e. The molecule has 0 saturated carbocycles. The third-order valence-corrected chi connectivity index (χ3v) is 3.49. The molecule has 0 saturated heterocycles. The van der Waals surface area contributed by atoms with E-state index in [0.717, 1.165) is 22.2 Å². The molecule has 0 aliphatic rings. The van der Waals surface area contributed by atoms with Gasteiger partial charge in [-0.05, 0) is 37.3 Å². The van der Waals surface area contributed by atoms with Crippen molar-refractivity contribution in [2.45, 2.75) is 6.92 Å². The van der Waals surface area contributed by atoms with E-state index in [1.165, 1.54) is 5.56 Å². The molecule has 0 bridgehead atoms. The number of H-pyrrole nitrogens is 1. The molecule has 0 aliphatic carbocycles. The van der Waals surface area contributed by atoms with E-state index in [1.807, 2.05) is 55.6 Å². The zero-order valence-electron chi connectivity index (χ0n) is 12.1. The summed E-state index contributed by atoms with van der Waals surface area (Å²) in [4.78, 5) is 3.20. The fourth-order valence-corrected chi connectivity index (χ4v) is 2.33. The number of rotatable bonds is 3. The van der Waals surface area contributed by atoms with Gasteiger partial charge < -0.3 is 10.3 Å². The van der Waals surface area contributed by atoms with Crippen LogP contribution in [-0.2, 0) is 0 Å². The first-order valence-corrected chi connectivity index (χ1v) is 7.36. The topological polar surface area (TPSA) is 52.2 Å². The van der Waals surface area contributed by atoms with Crippen molar-refractivity contribution in [3.63, 3.8) is 0 Å². The van der Waals surface area contributed by atoms with E-state index < -0.39 is 0 Å². The van der Waals surface area contributed by atoms with Crippen molar-refractivity contribution in [2.24, 2.45) is 5.10 Å². The molecular formula is C17H16N4S. The summed E-state index contributed by atoms with van der Waals surface area (Å²) in [5, 5.41) is 8.85. The minimum absolute atomic E-state index is 0.458. The molecular weight excluding hydrogens is 292 g/mol. The van der Waals surface area contributed by atoms with Gasteiger partial charge in [-0.1, -0.05) is 35.9 Å². The van der Waals surface area contributed by atoms with E-state index in [9.17, 15) is 0 Å². The molecule has 4 nitrogen and oxygen atoms in total. The first-order valence-electron chi connectivity index (χ1n) is 6.95. The summed E-state index contributed by atoms with van der Waals surface area (Å²) in [5.74, 6) is 0. The van der Waals surface area contributed by atoms with Crippen molar-refractivity contribution in [1.29, 1.82) is 0 Å². The first kappa shape index (κ1) is 14.3. The lowest BCUT2D eigenvalue weighted by atomic mass is 10.2. The second-order valence-electron chi connectivity index (χ2n) is 4.98. The number of fused-ring (bicyclic) bond motifs is 1. The van der Waals surface area contributed by atoms with E-state index in [0.29, 0.717) is 5.11 Å². The predicted molar refractivity (Wildman–Crippen MR) is 96.4 cm³/mol. The van der Waals surface area contributed by atoms with Crippen LogP contribution in [0.2, 0.25) is 0 Å². The Labute approximate surface area is 134 Å². The van der Waals surface area contributed by atoms with E-state index in [4.69, 9.17) is 12.2 Å². The lowest BCUT2D eigenvalue weighted by Crippen LogP contribution is -2.23. The van der Waals surface area contributed by atoms with E-state index >= 15 is 0 Å². The predicted octanol–water partition coefficient (Wildman–Crippen LogP) is 3.80.